The molecule has 1 heterocycles. The minimum atomic E-state index is -1.11. The molecule has 2 amide bonds. The van der Waals surface area contributed by atoms with Gasteiger partial charge in [0.1, 0.15) is 13.2 Å². The molecule has 4 rings (SSSR count). The molecule has 0 unspecified atom stereocenters. The Morgan fingerprint density at radius 2 is 1.46 bits per heavy atom. The van der Waals surface area contributed by atoms with Gasteiger partial charge in [-0.3, -0.25) is 14.5 Å². The van der Waals surface area contributed by atoms with Crippen molar-refractivity contribution >= 4 is 23.5 Å². The van der Waals surface area contributed by atoms with E-state index in [1.54, 1.807) is 17.0 Å². The Morgan fingerprint density at radius 1 is 0.878 bits per heavy atom. The smallest absolute Gasteiger partial charge is 1.00 e. The molecular weight excluding hydrogens is 529 g/mol. The van der Waals surface area contributed by atoms with Crippen molar-refractivity contribution in [1.82, 2.24) is 9.80 Å². The fourth-order valence-electron chi connectivity index (χ4n) is 5.10. The van der Waals surface area contributed by atoms with E-state index >= 15 is 0 Å². The van der Waals surface area contributed by atoms with Gasteiger partial charge in [-0.25, -0.2) is 4.79 Å². The summed E-state index contributed by atoms with van der Waals surface area (Å²) in [6.07, 6.45) is 0.743. The van der Waals surface area contributed by atoms with Gasteiger partial charge in [0.05, 0.1) is 17.3 Å². The van der Waals surface area contributed by atoms with Gasteiger partial charge < -0.3 is 21.5 Å². The van der Waals surface area contributed by atoms with Crippen LogP contribution in [0.3, 0.4) is 0 Å². The number of benzene rings is 3. The van der Waals surface area contributed by atoms with E-state index in [0.717, 1.165) is 12.0 Å². The third-order valence-electron chi connectivity index (χ3n) is 6.95. The summed E-state index contributed by atoms with van der Waals surface area (Å²) in [5.41, 5.74) is 3.56. The molecule has 0 radical (unpaired) electrons. The van der Waals surface area contributed by atoms with E-state index in [4.69, 9.17) is 4.74 Å². The Morgan fingerprint density at radius 3 is 2.00 bits per heavy atom. The van der Waals surface area contributed by atoms with Gasteiger partial charge in [-0.2, -0.15) is 0 Å². The summed E-state index contributed by atoms with van der Waals surface area (Å²) in [7, 11) is 0. The quantitative estimate of drug-likeness (QED) is 0.342. The number of piperazine rings is 1. The van der Waals surface area contributed by atoms with Crippen molar-refractivity contribution < 1.29 is 55.2 Å². The summed E-state index contributed by atoms with van der Waals surface area (Å²) in [5, 5.41) is 12.2. The summed E-state index contributed by atoms with van der Waals surface area (Å²) in [6, 6.07) is 25.8. The monoisotopic (exact) mass is 567 g/mol. The molecule has 0 bridgehead atoms. The van der Waals surface area contributed by atoms with Gasteiger partial charge in [-0.15, -0.1) is 0 Å². The van der Waals surface area contributed by atoms with Crippen LogP contribution in [0, 0.1) is 5.92 Å². The van der Waals surface area contributed by atoms with E-state index in [9.17, 15) is 19.5 Å². The van der Waals surface area contributed by atoms with Crippen LogP contribution in [0.2, 0.25) is 0 Å². The average Bonchev–Trinajstić information content (AvgIpc) is 2.95. The third kappa shape index (κ3) is 9.24. The van der Waals surface area contributed by atoms with Gasteiger partial charge in [0.15, 0.2) is 0 Å². The van der Waals surface area contributed by atoms with Crippen LogP contribution in [-0.2, 0) is 20.7 Å². The first kappa shape index (κ1) is 32.5. The van der Waals surface area contributed by atoms with Crippen molar-refractivity contribution in [3.63, 3.8) is 0 Å². The van der Waals surface area contributed by atoms with Crippen LogP contribution in [0.1, 0.15) is 48.4 Å². The molecule has 1 fully saturated rings. The van der Waals surface area contributed by atoms with E-state index in [1.807, 2.05) is 42.5 Å². The number of hydrogen-bond donors (Lipinski definition) is 2. The van der Waals surface area contributed by atoms with E-state index in [0.29, 0.717) is 32.1 Å². The number of rotatable bonds is 11. The van der Waals surface area contributed by atoms with Crippen molar-refractivity contribution in [3.8, 4) is 0 Å². The molecule has 212 valence electrons. The number of ether oxygens (including phenoxy) is 1. The van der Waals surface area contributed by atoms with Gasteiger partial charge in [-0.05, 0) is 41.2 Å². The van der Waals surface area contributed by atoms with Crippen molar-refractivity contribution in [3.05, 3.63) is 101 Å². The summed E-state index contributed by atoms with van der Waals surface area (Å²) >= 11 is 0. The van der Waals surface area contributed by atoms with Crippen LogP contribution in [0.15, 0.2) is 78.9 Å². The molecule has 1 aliphatic rings. The molecule has 9 heteroatoms. The number of carbonyl (C=O) groups is 3. The SMILES string of the molecule is CC(C)Cc1ccc(NC(=O)COCC(=O)N2CCN(C(c3ccccc3)c3ccccc3)CC2)c(C(=O)O)c1.[H-].[Na+]. The Hall–Kier alpha value is -3.01. The second-order valence-corrected chi connectivity index (χ2v) is 10.5. The van der Waals surface area contributed by atoms with Crippen LogP contribution in [0.25, 0.3) is 0 Å². The molecule has 2 N–H and O–H groups in total. The summed E-state index contributed by atoms with van der Waals surface area (Å²) in [4.78, 5) is 41.1. The summed E-state index contributed by atoms with van der Waals surface area (Å²) in [6.45, 7) is 6.11. The van der Waals surface area contributed by atoms with Gasteiger partial charge in [-0.1, -0.05) is 80.6 Å². The molecule has 1 saturated heterocycles. The maximum absolute atomic E-state index is 12.8. The maximum atomic E-state index is 12.8. The normalized spacial score (nSPS) is 13.6. The molecular formula is C32H38N3NaO5. The number of amides is 2. The number of carbonyl (C=O) groups excluding carboxylic acids is 2. The first-order chi connectivity index (χ1) is 19.3. The predicted octanol–water partition coefficient (Wildman–Crippen LogP) is 1.59. The van der Waals surface area contributed by atoms with Crippen molar-refractivity contribution in [1.29, 1.82) is 0 Å². The van der Waals surface area contributed by atoms with Gasteiger partial charge in [0.25, 0.3) is 0 Å². The van der Waals surface area contributed by atoms with E-state index in [2.05, 4.69) is 48.3 Å². The molecule has 8 nitrogen and oxygen atoms in total. The Labute approximate surface area is 265 Å². The predicted molar refractivity (Wildman–Crippen MR) is 155 cm³/mol. The first-order valence-corrected chi connectivity index (χ1v) is 13.7. The fraction of sp³-hybridized carbons (Fsp3) is 0.344. The Kier molecular flexibility index (Phi) is 12.6. The third-order valence-corrected chi connectivity index (χ3v) is 6.95. The van der Waals surface area contributed by atoms with Gasteiger partial charge in [0.2, 0.25) is 11.8 Å². The van der Waals surface area contributed by atoms with Gasteiger partial charge >= 0.3 is 35.5 Å². The number of carboxylic acid groups (broad SMARTS) is 1. The second kappa shape index (κ2) is 15.8. The number of nitrogens with zero attached hydrogens (tertiary/aromatic N) is 2. The minimum Gasteiger partial charge on any atom is -1.00 e. The van der Waals surface area contributed by atoms with Crippen molar-refractivity contribution in [2.24, 2.45) is 5.92 Å². The zero-order valence-electron chi connectivity index (χ0n) is 25.1. The van der Waals surface area contributed by atoms with Crippen LogP contribution in [-0.4, -0.2) is 72.1 Å². The molecule has 0 atom stereocenters. The summed E-state index contributed by atoms with van der Waals surface area (Å²) in [5.74, 6) is -1.42. The first-order valence-electron chi connectivity index (χ1n) is 13.7. The van der Waals surface area contributed by atoms with E-state index in [-0.39, 0.29) is 67.4 Å². The average molecular weight is 568 g/mol. The molecule has 0 aliphatic carbocycles. The van der Waals surface area contributed by atoms with Crippen molar-refractivity contribution in [2.75, 3.05) is 44.7 Å². The molecule has 0 aromatic heterocycles. The molecule has 41 heavy (non-hydrogen) atoms. The van der Waals surface area contributed by atoms with Gasteiger partial charge in [0, 0.05) is 26.2 Å². The zero-order valence-corrected chi connectivity index (χ0v) is 26.1. The number of carboxylic acids is 1. The van der Waals surface area contributed by atoms with E-state index in [1.165, 1.54) is 11.1 Å². The van der Waals surface area contributed by atoms with E-state index < -0.39 is 11.9 Å². The van der Waals surface area contributed by atoms with Crippen LogP contribution in [0.5, 0.6) is 0 Å². The number of anilines is 1. The molecule has 1 aliphatic heterocycles. The number of aromatic carboxylic acids is 1. The summed E-state index contributed by atoms with van der Waals surface area (Å²) < 4.78 is 5.41. The maximum Gasteiger partial charge on any atom is 1.00 e. The fourth-order valence-corrected chi connectivity index (χ4v) is 5.10. The second-order valence-electron chi connectivity index (χ2n) is 10.5. The Balaban J connectivity index is 0.00000308. The molecule has 3 aromatic carbocycles. The minimum absolute atomic E-state index is 0. The van der Waals surface area contributed by atoms with Crippen LogP contribution < -0.4 is 34.9 Å². The number of hydrogen-bond acceptors (Lipinski definition) is 5. The van der Waals surface area contributed by atoms with Crippen molar-refractivity contribution in [2.45, 2.75) is 26.3 Å². The zero-order chi connectivity index (χ0) is 28.5. The van der Waals surface area contributed by atoms with Crippen LogP contribution >= 0.6 is 0 Å². The topological polar surface area (TPSA) is 99.2 Å². The molecule has 3 aromatic rings. The number of nitrogens with one attached hydrogen (secondary N) is 1. The standard InChI is InChI=1S/C32H37N3O5.Na.H/c1-23(2)19-24-13-14-28(27(20-24)32(38)39)33-29(36)21-40-22-30(37)34-15-17-35(18-16-34)31(25-9-5-3-6-10-25)26-11-7-4-8-12-26;;/h3-14,20,23,31H,15-19,21-22H2,1-2H3,(H,33,36)(H,38,39);;/q;+1;-1. The Bertz CT molecular complexity index is 1260. The molecule has 0 spiro atoms. The largest absolute Gasteiger partial charge is 1.00 e. The van der Waals surface area contributed by atoms with Crippen LogP contribution in [0.4, 0.5) is 5.69 Å². The molecule has 0 saturated carbocycles.